The zero-order valence-electron chi connectivity index (χ0n) is 8.88. The average Bonchev–Trinajstić information content (AvgIpc) is 2.65. The van der Waals surface area contributed by atoms with Gasteiger partial charge in [-0.2, -0.15) is 9.67 Å². The highest BCUT2D eigenvalue weighted by molar-refractivity contribution is 9.10. The number of nitrogens with two attached hydrogens (primary N) is 1. The lowest BCUT2D eigenvalue weighted by Crippen LogP contribution is -2.03. The van der Waals surface area contributed by atoms with Crippen molar-refractivity contribution in [2.24, 2.45) is 0 Å². The predicted octanol–water partition coefficient (Wildman–Crippen LogP) is 1.62. The second-order valence-corrected chi connectivity index (χ2v) is 4.30. The van der Waals surface area contributed by atoms with Crippen molar-refractivity contribution in [1.82, 2.24) is 14.8 Å². The molecular weight excluding hydrogens is 288 g/mol. The smallest absolute Gasteiger partial charge is 0.375 e. The highest BCUT2D eigenvalue weighted by atomic mass is 79.9. The van der Waals surface area contributed by atoms with E-state index in [2.05, 4.69) is 26.0 Å². The predicted molar refractivity (Wildman–Crippen MR) is 65.2 cm³/mol. The number of nitrogens with zero attached hydrogens (tertiary/aromatic N) is 3. The van der Waals surface area contributed by atoms with Crippen molar-refractivity contribution < 1.29 is 9.90 Å². The topological polar surface area (TPSA) is 94.0 Å². The first-order valence-electron chi connectivity index (χ1n) is 4.71. The zero-order valence-corrected chi connectivity index (χ0v) is 10.5. The minimum Gasteiger partial charge on any atom is -0.475 e. The summed E-state index contributed by atoms with van der Waals surface area (Å²) in [5.41, 5.74) is 7.32. The lowest BCUT2D eigenvalue weighted by Gasteiger charge is -2.04. The van der Waals surface area contributed by atoms with E-state index < -0.39 is 5.97 Å². The summed E-state index contributed by atoms with van der Waals surface area (Å²) in [6.07, 6.45) is 0. The Bertz CT molecular complexity index is 594. The maximum atomic E-state index is 10.7. The monoisotopic (exact) mass is 296 g/mol. The van der Waals surface area contributed by atoms with Crippen molar-refractivity contribution in [3.05, 3.63) is 34.1 Å². The van der Waals surface area contributed by atoms with Gasteiger partial charge in [-0.3, -0.25) is 0 Å². The minimum absolute atomic E-state index is 0.0400. The Morgan fingerprint density at radius 3 is 2.76 bits per heavy atom. The van der Waals surface area contributed by atoms with Gasteiger partial charge in [0, 0.05) is 4.47 Å². The summed E-state index contributed by atoms with van der Waals surface area (Å²) in [6.45, 7) is 1.95. The standard InChI is InChI=1S/C10H9BrN4O2/c1-5-2-3-6(4-7(5)11)15-10(12)13-8(14-15)9(16)17/h2-4H,1H3,(H,16,17)(H2,12,13,14). The molecule has 0 atom stereocenters. The molecule has 1 aromatic heterocycles. The number of aromatic carboxylic acids is 1. The van der Waals surface area contributed by atoms with Crippen molar-refractivity contribution in [1.29, 1.82) is 0 Å². The molecule has 0 bridgehead atoms. The van der Waals surface area contributed by atoms with E-state index in [0.717, 1.165) is 10.0 Å². The van der Waals surface area contributed by atoms with E-state index in [1.807, 2.05) is 13.0 Å². The summed E-state index contributed by atoms with van der Waals surface area (Å²) in [7, 11) is 0. The third-order valence-electron chi connectivity index (χ3n) is 2.22. The molecule has 1 heterocycles. The van der Waals surface area contributed by atoms with Gasteiger partial charge in [0.15, 0.2) is 0 Å². The highest BCUT2D eigenvalue weighted by Crippen LogP contribution is 2.21. The number of rotatable bonds is 2. The minimum atomic E-state index is -1.21. The van der Waals surface area contributed by atoms with E-state index in [-0.39, 0.29) is 11.8 Å². The quantitative estimate of drug-likeness (QED) is 0.878. The molecule has 3 N–H and O–H groups in total. The summed E-state index contributed by atoms with van der Waals surface area (Å²) in [5.74, 6) is -1.49. The lowest BCUT2D eigenvalue weighted by atomic mass is 10.2. The Morgan fingerprint density at radius 1 is 1.53 bits per heavy atom. The number of carboxylic acid groups (broad SMARTS) is 1. The highest BCUT2D eigenvalue weighted by Gasteiger charge is 2.14. The molecule has 0 fully saturated rings. The third-order valence-corrected chi connectivity index (χ3v) is 3.08. The fourth-order valence-electron chi connectivity index (χ4n) is 1.32. The summed E-state index contributed by atoms with van der Waals surface area (Å²) in [4.78, 5) is 14.4. The largest absolute Gasteiger partial charge is 0.475 e. The first-order chi connectivity index (χ1) is 7.99. The molecular formula is C10H9BrN4O2. The van der Waals surface area contributed by atoms with Crippen LogP contribution in [0.15, 0.2) is 22.7 Å². The van der Waals surface area contributed by atoms with Gasteiger partial charge in [0.25, 0.3) is 5.82 Å². The summed E-state index contributed by atoms with van der Waals surface area (Å²) in [6, 6.07) is 5.46. The van der Waals surface area contributed by atoms with Crippen LogP contribution in [0.5, 0.6) is 0 Å². The summed E-state index contributed by atoms with van der Waals surface area (Å²) in [5, 5.41) is 12.6. The Hall–Kier alpha value is -1.89. The molecule has 2 aromatic rings. The number of halogens is 1. The maximum Gasteiger partial charge on any atom is 0.375 e. The van der Waals surface area contributed by atoms with E-state index in [0.29, 0.717) is 5.69 Å². The molecule has 17 heavy (non-hydrogen) atoms. The first kappa shape index (κ1) is 11.6. The number of aryl methyl sites for hydroxylation is 1. The van der Waals surface area contributed by atoms with E-state index in [1.165, 1.54) is 4.68 Å². The van der Waals surface area contributed by atoms with Crippen molar-refractivity contribution in [2.75, 3.05) is 5.73 Å². The van der Waals surface area contributed by atoms with Gasteiger partial charge in [-0.1, -0.05) is 22.0 Å². The molecule has 7 heteroatoms. The van der Waals surface area contributed by atoms with Crippen LogP contribution in [0.25, 0.3) is 5.69 Å². The van der Waals surface area contributed by atoms with Gasteiger partial charge in [-0.25, -0.2) is 4.79 Å². The van der Waals surface area contributed by atoms with Gasteiger partial charge in [0.1, 0.15) is 0 Å². The molecule has 0 spiro atoms. The van der Waals surface area contributed by atoms with Crippen molar-refractivity contribution in [3.8, 4) is 5.69 Å². The molecule has 1 aromatic carbocycles. The molecule has 0 unspecified atom stereocenters. The fourth-order valence-corrected chi connectivity index (χ4v) is 1.69. The molecule has 0 aliphatic heterocycles. The molecule has 88 valence electrons. The Labute approximate surface area is 105 Å². The molecule has 0 aliphatic carbocycles. The molecule has 0 saturated heterocycles. The van der Waals surface area contributed by atoms with Crippen LogP contribution in [0.2, 0.25) is 0 Å². The Morgan fingerprint density at radius 2 is 2.24 bits per heavy atom. The van der Waals surface area contributed by atoms with E-state index in [4.69, 9.17) is 10.8 Å². The number of hydrogen-bond donors (Lipinski definition) is 2. The molecule has 0 radical (unpaired) electrons. The number of carboxylic acids is 1. The summed E-state index contributed by atoms with van der Waals surface area (Å²) >= 11 is 3.38. The number of hydrogen-bond acceptors (Lipinski definition) is 4. The van der Waals surface area contributed by atoms with Crippen molar-refractivity contribution >= 4 is 27.8 Å². The third kappa shape index (κ3) is 2.14. The Kier molecular flexibility index (Phi) is 2.84. The number of aromatic nitrogens is 3. The van der Waals surface area contributed by atoms with Crippen molar-refractivity contribution in [3.63, 3.8) is 0 Å². The number of anilines is 1. The van der Waals surface area contributed by atoms with Crippen molar-refractivity contribution in [2.45, 2.75) is 6.92 Å². The SMILES string of the molecule is Cc1ccc(-n2nc(C(=O)O)nc2N)cc1Br. The Balaban J connectivity index is 2.52. The number of carbonyl (C=O) groups is 1. The maximum absolute atomic E-state index is 10.7. The molecule has 0 saturated carbocycles. The van der Waals surface area contributed by atoms with Gasteiger partial charge in [0.2, 0.25) is 5.95 Å². The number of benzene rings is 1. The van der Waals surface area contributed by atoms with Crippen LogP contribution in [0.3, 0.4) is 0 Å². The fraction of sp³-hybridized carbons (Fsp3) is 0.100. The lowest BCUT2D eigenvalue weighted by molar-refractivity contribution is 0.0683. The molecule has 0 amide bonds. The van der Waals surface area contributed by atoms with Gasteiger partial charge >= 0.3 is 5.97 Å². The second-order valence-electron chi connectivity index (χ2n) is 3.44. The first-order valence-corrected chi connectivity index (χ1v) is 5.50. The van der Waals surface area contributed by atoms with E-state index in [9.17, 15) is 4.79 Å². The van der Waals surface area contributed by atoms with Crippen LogP contribution in [-0.4, -0.2) is 25.8 Å². The zero-order chi connectivity index (χ0) is 12.6. The molecule has 0 aliphatic rings. The van der Waals surface area contributed by atoms with Crippen LogP contribution >= 0.6 is 15.9 Å². The van der Waals surface area contributed by atoms with Gasteiger partial charge in [0.05, 0.1) is 5.69 Å². The van der Waals surface area contributed by atoms with Gasteiger partial charge in [-0.05, 0) is 24.6 Å². The average molecular weight is 297 g/mol. The summed E-state index contributed by atoms with van der Waals surface area (Å²) < 4.78 is 2.18. The normalized spacial score (nSPS) is 10.5. The molecule has 2 rings (SSSR count). The van der Waals surface area contributed by atoms with Crippen LogP contribution < -0.4 is 5.73 Å². The van der Waals surface area contributed by atoms with Gasteiger partial charge < -0.3 is 10.8 Å². The van der Waals surface area contributed by atoms with Gasteiger partial charge in [-0.15, -0.1) is 5.10 Å². The van der Waals surface area contributed by atoms with E-state index >= 15 is 0 Å². The second kappa shape index (κ2) is 4.17. The van der Waals surface area contributed by atoms with Crippen LogP contribution in [0.4, 0.5) is 5.95 Å². The van der Waals surface area contributed by atoms with E-state index in [1.54, 1.807) is 12.1 Å². The molecule has 6 nitrogen and oxygen atoms in total. The van der Waals surface area contributed by atoms with Crippen LogP contribution in [0.1, 0.15) is 16.2 Å². The van der Waals surface area contributed by atoms with Crippen LogP contribution in [0, 0.1) is 6.92 Å². The number of nitrogen functional groups attached to an aromatic ring is 1. The van der Waals surface area contributed by atoms with Crippen LogP contribution in [-0.2, 0) is 0 Å².